The molecule has 0 fully saturated rings. The fourth-order valence-electron chi connectivity index (χ4n) is 0.850. The van der Waals surface area contributed by atoms with E-state index in [1.165, 1.54) is 13.0 Å². The van der Waals surface area contributed by atoms with E-state index in [9.17, 15) is 9.18 Å². The number of halogens is 3. The summed E-state index contributed by atoms with van der Waals surface area (Å²) >= 11 is 11.2. The third kappa shape index (κ3) is 1.59. The van der Waals surface area contributed by atoms with Gasteiger partial charge in [-0.1, -0.05) is 23.2 Å². The molecule has 64 valence electrons. The molecule has 0 atom stereocenters. The fourth-order valence-corrected chi connectivity index (χ4v) is 1.29. The first-order valence-corrected chi connectivity index (χ1v) is 3.94. The highest BCUT2D eigenvalue weighted by molar-refractivity contribution is 6.43. The molecule has 0 aliphatic carbocycles. The molecule has 0 amide bonds. The molecule has 0 spiro atoms. The van der Waals surface area contributed by atoms with Gasteiger partial charge < -0.3 is 0 Å². The van der Waals surface area contributed by atoms with Crippen molar-refractivity contribution in [3.8, 4) is 0 Å². The Bertz CT molecular complexity index is 336. The van der Waals surface area contributed by atoms with Crippen LogP contribution in [0.25, 0.3) is 0 Å². The van der Waals surface area contributed by atoms with Gasteiger partial charge in [0.15, 0.2) is 5.78 Å². The normalized spacial score (nSPS) is 10.0. The van der Waals surface area contributed by atoms with Crippen molar-refractivity contribution in [1.29, 1.82) is 0 Å². The minimum Gasteiger partial charge on any atom is -0.294 e. The van der Waals surface area contributed by atoms with Crippen LogP contribution in [0.15, 0.2) is 12.1 Å². The first-order valence-electron chi connectivity index (χ1n) is 3.18. The second-order valence-electron chi connectivity index (χ2n) is 2.27. The van der Waals surface area contributed by atoms with E-state index in [1.54, 1.807) is 0 Å². The molecule has 0 aromatic heterocycles. The van der Waals surface area contributed by atoms with E-state index in [0.29, 0.717) is 0 Å². The average Bonchev–Trinajstić information content (AvgIpc) is 1.97. The Morgan fingerprint density at radius 3 is 2.42 bits per heavy atom. The third-order valence-electron chi connectivity index (χ3n) is 1.40. The predicted molar refractivity (Wildman–Crippen MR) is 46.4 cm³/mol. The van der Waals surface area contributed by atoms with Crippen molar-refractivity contribution in [3.63, 3.8) is 0 Å². The van der Waals surface area contributed by atoms with Crippen LogP contribution in [-0.2, 0) is 0 Å². The summed E-state index contributed by atoms with van der Waals surface area (Å²) in [6.07, 6.45) is 0. The smallest absolute Gasteiger partial charge is 0.164 e. The van der Waals surface area contributed by atoms with Crippen molar-refractivity contribution in [3.05, 3.63) is 33.6 Å². The molecule has 0 saturated heterocycles. The molecule has 0 saturated carbocycles. The van der Waals surface area contributed by atoms with E-state index in [1.807, 2.05) is 0 Å². The van der Waals surface area contributed by atoms with Gasteiger partial charge in [-0.25, -0.2) is 4.39 Å². The number of Topliss-reactive ketones (excluding diaryl/α,β-unsaturated/α-hetero) is 1. The Morgan fingerprint density at radius 1 is 1.42 bits per heavy atom. The van der Waals surface area contributed by atoms with E-state index in [0.717, 1.165) is 6.07 Å². The van der Waals surface area contributed by atoms with Gasteiger partial charge in [0.05, 0.1) is 15.6 Å². The van der Waals surface area contributed by atoms with Gasteiger partial charge in [-0.2, -0.15) is 0 Å². The molecule has 0 heterocycles. The van der Waals surface area contributed by atoms with Gasteiger partial charge in [-0.3, -0.25) is 4.79 Å². The molecule has 1 nitrogen and oxygen atoms in total. The van der Waals surface area contributed by atoms with E-state index < -0.39 is 11.6 Å². The second kappa shape index (κ2) is 3.42. The largest absolute Gasteiger partial charge is 0.294 e. The molecule has 0 aliphatic rings. The molecule has 0 N–H and O–H groups in total. The van der Waals surface area contributed by atoms with Gasteiger partial charge in [0.2, 0.25) is 0 Å². The number of rotatable bonds is 1. The summed E-state index contributed by atoms with van der Waals surface area (Å²) in [5, 5.41) is 0.160. The third-order valence-corrected chi connectivity index (χ3v) is 2.20. The predicted octanol–water partition coefficient (Wildman–Crippen LogP) is 3.34. The summed E-state index contributed by atoms with van der Waals surface area (Å²) < 4.78 is 12.9. The number of carbonyl (C=O) groups excluding carboxylic acids is 1. The van der Waals surface area contributed by atoms with Crippen LogP contribution in [0.4, 0.5) is 4.39 Å². The lowest BCUT2D eigenvalue weighted by molar-refractivity contribution is 0.101. The number of hydrogen-bond acceptors (Lipinski definition) is 1. The van der Waals surface area contributed by atoms with Crippen molar-refractivity contribution < 1.29 is 9.18 Å². The monoisotopic (exact) mass is 206 g/mol. The van der Waals surface area contributed by atoms with Crippen LogP contribution in [0.3, 0.4) is 0 Å². The molecular formula is C8H5Cl2FO. The highest BCUT2D eigenvalue weighted by Gasteiger charge is 2.14. The zero-order chi connectivity index (χ0) is 9.30. The van der Waals surface area contributed by atoms with Gasteiger partial charge in [0, 0.05) is 0 Å². The molecule has 0 unspecified atom stereocenters. The molecule has 0 aliphatic heterocycles. The SMILES string of the molecule is CC(=O)c1c(F)ccc(Cl)c1Cl. The summed E-state index contributed by atoms with van der Waals surface area (Å²) in [6.45, 7) is 1.24. The Morgan fingerprint density at radius 2 is 2.00 bits per heavy atom. The minimum absolute atomic E-state index is 0.0239. The quantitative estimate of drug-likeness (QED) is 0.509. The maximum absolute atomic E-state index is 12.9. The average molecular weight is 207 g/mol. The lowest BCUT2D eigenvalue weighted by Crippen LogP contribution is -1.98. The molecular weight excluding hydrogens is 202 g/mol. The van der Waals surface area contributed by atoms with E-state index >= 15 is 0 Å². The molecule has 0 bridgehead atoms. The van der Waals surface area contributed by atoms with E-state index in [4.69, 9.17) is 23.2 Å². The standard InChI is InChI=1S/C8H5Cl2FO/c1-4(12)7-6(11)3-2-5(9)8(7)10/h2-3H,1H3. The van der Waals surface area contributed by atoms with Gasteiger partial charge in [-0.15, -0.1) is 0 Å². The van der Waals surface area contributed by atoms with Crippen molar-refractivity contribution in [2.45, 2.75) is 6.92 Å². The van der Waals surface area contributed by atoms with Crippen LogP contribution in [0.5, 0.6) is 0 Å². The molecule has 1 aromatic carbocycles. The van der Waals surface area contributed by atoms with Crippen molar-refractivity contribution in [2.24, 2.45) is 0 Å². The summed E-state index contributed by atoms with van der Waals surface area (Å²) in [4.78, 5) is 10.9. The first kappa shape index (κ1) is 9.49. The Hall–Kier alpha value is -0.600. The molecule has 1 rings (SSSR count). The number of ketones is 1. The van der Waals surface area contributed by atoms with Gasteiger partial charge >= 0.3 is 0 Å². The summed E-state index contributed by atoms with van der Waals surface area (Å²) in [7, 11) is 0. The van der Waals surface area contributed by atoms with E-state index in [2.05, 4.69) is 0 Å². The maximum atomic E-state index is 12.9. The highest BCUT2D eigenvalue weighted by Crippen LogP contribution is 2.27. The summed E-state index contributed by atoms with van der Waals surface area (Å²) in [5.74, 6) is -1.07. The number of carbonyl (C=O) groups is 1. The van der Waals surface area contributed by atoms with Crippen LogP contribution >= 0.6 is 23.2 Å². The molecule has 12 heavy (non-hydrogen) atoms. The summed E-state index contributed by atoms with van der Waals surface area (Å²) in [5.41, 5.74) is -0.149. The van der Waals surface area contributed by atoms with Crippen molar-refractivity contribution in [1.82, 2.24) is 0 Å². The molecule has 1 aromatic rings. The number of hydrogen-bond donors (Lipinski definition) is 0. The maximum Gasteiger partial charge on any atom is 0.164 e. The lowest BCUT2D eigenvalue weighted by Gasteiger charge is -2.02. The Kier molecular flexibility index (Phi) is 2.70. The molecule has 0 radical (unpaired) electrons. The van der Waals surface area contributed by atoms with Gasteiger partial charge in [0.1, 0.15) is 5.82 Å². The van der Waals surface area contributed by atoms with Crippen molar-refractivity contribution in [2.75, 3.05) is 0 Å². The molecule has 4 heteroatoms. The minimum atomic E-state index is -0.642. The Labute approximate surface area is 79.1 Å². The fraction of sp³-hybridized carbons (Fsp3) is 0.125. The van der Waals surface area contributed by atoms with Crippen LogP contribution in [-0.4, -0.2) is 5.78 Å². The first-order chi connectivity index (χ1) is 5.54. The van der Waals surface area contributed by atoms with Gasteiger partial charge in [0.25, 0.3) is 0 Å². The summed E-state index contributed by atoms with van der Waals surface area (Å²) in [6, 6.07) is 2.43. The van der Waals surface area contributed by atoms with Crippen LogP contribution in [0.2, 0.25) is 10.0 Å². The Balaban J connectivity index is 3.43. The van der Waals surface area contributed by atoms with Crippen LogP contribution in [0.1, 0.15) is 17.3 Å². The lowest BCUT2D eigenvalue weighted by atomic mass is 10.1. The van der Waals surface area contributed by atoms with Crippen LogP contribution < -0.4 is 0 Å². The zero-order valence-corrected chi connectivity index (χ0v) is 7.71. The van der Waals surface area contributed by atoms with Crippen LogP contribution in [0, 0.1) is 5.82 Å². The second-order valence-corrected chi connectivity index (χ2v) is 3.06. The zero-order valence-electron chi connectivity index (χ0n) is 6.20. The number of benzene rings is 1. The van der Waals surface area contributed by atoms with E-state index in [-0.39, 0.29) is 15.6 Å². The highest BCUT2D eigenvalue weighted by atomic mass is 35.5. The van der Waals surface area contributed by atoms with Crippen molar-refractivity contribution >= 4 is 29.0 Å². The van der Waals surface area contributed by atoms with Gasteiger partial charge in [-0.05, 0) is 19.1 Å². The topological polar surface area (TPSA) is 17.1 Å².